The van der Waals surface area contributed by atoms with Gasteiger partial charge in [-0.25, -0.2) is 5.43 Å². The summed E-state index contributed by atoms with van der Waals surface area (Å²) in [5.41, 5.74) is 4.44. The zero-order valence-corrected chi connectivity index (χ0v) is 12.2. The van der Waals surface area contributed by atoms with E-state index < -0.39 is 0 Å². The summed E-state index contributed by atoms with van der Waals surface area (Å²) in [6.07, 6.45) is 2.45. The number of benzene rings is 1. The smallest absolute Gasteiger partial charge is 0.244 e. The van der Waals surface area contributed by atoms with Gasteiger partial charge in [-0.2, -0.15) is 5.10 Å². The number of hydrogen-bond acceptors (Lipinski definition) is 3. The van der Waals surface area contributed by atoms with Crippen molar-refractivity contribution in [1.82, 2.24) is 5.43 Å². The second-order valence-corrected chi connectivity index (χ2v) is 5.69. The van der Waals surface area contributed by atoms with Gasteiger partial charge < -0.3 is 4.42 Å². The molecule has 1 amide bonds. The molecule has 2 aromatic rings. The van der Waals surface area contributed by atoms with Crippen LogP contribution in [-0.2, 0) is 10.2 Å². The van der Waals surface area contributed by atoms with Crippen molar-refractivity contribution in [2.75, 3.05) is 0 Å². The van der Waals surface area contributed by atoms with Crippen molar-refractivity contribution < 1.29 is 9.21 Å². The molecule has 1 aromatic heterocycles. The fraction of sp³-hybridized carbons (Fsp3) is 0.294. The summed E-state index contributed by atoms with van der Waals surface area (Å²) in [7, 11) is 0. The maximum Gasteiger partial charge on any atom is 0.244 e. The molecule has 1 fully saturated rings. The van der Waals surface area contributed by atoms with Crippen LogP contribution in [0, 0.1) is 5.92 Å². The molecule has 0 bridgehead atoms. The first-order valence-corrected chi connectivity index (χ1v) is 7.05. The molecule has 0 saturated heterocycles. The number of carbonyl (C=O) groups is 1. The molecule has 108 valence electrons. The van der Waals surface area contributed by atoms with Gasteiger partial charge in [-0.15, -0.1) is 0 Å². The van der Waals surface area contributed by atoms with E-state index in [2.05, 4.69) is 29.6 Å². The minimum atomic E-state index is -0.0700. The van der Waals surface area contributed by atoms with Gasteiger partial charge >= 0.3 is 0 Å². The maximum atomic E-state index is 12.2. The lowest BCUT2D eigenvalue weighted by molar-refractivity contribution is -0.122. The van der Waals surface area contributed by atoms with E-state index in [0.717, 1.165) is 6.42 Å². The summed E-state index contributed by atoms with van der Waals surface area (Å²) in [6, 6.07) is 13.8. The van der Waals surface area contributed by atoms with E-state index >= 15 is 0 Å². The summed E-state index contributed by atoms with van der Waals surface area (Å²) in [4.78, 5) is 12.2. The Bertz CT molecular complexity index is 661. The second-order valence-electron chi connectivity index (χ2n) is 5.69. The number of furan rings is 1. The fourth-order valence-corrected chi connectivity index (χ4v) is 2.64. The molecule has 1 saturated carbocycles. The lowest BCUT2D eigenvalue weighted by Gasteiger charge is -2.10. The number of hydrogen-bond donors (Lipinski definition) is 1. The standard InChI is InChI=1S/C17H18N2O2/c1-12(15-9-6-10-21-15)18-19-16(20)14-11-17(14,2)13-7-4-3-5-8-13/h3-10,14H,11H2,1-2H3,(H,19,20)/b18-12-/t14-,17-/m1/s1. The monoisotopic (exact) mass is 282 g/mol. The van der Waals surface area contributed by atoms with E-state index in [9.17, 15) is 4.79 Å². The van der Waals surface area contributed by atoms with Gasteiger partial charge in [0.15, 0.2) is 0 Å². The van der Waals surface area contributed by atoms with Crippen LogP contribution in [0.25, 0.3) is 0 Å². The molecular formula is C17H18N2O2. The molecule has 4 heteroatoms. The van der Waals surface area contributed by atoms with Crippen LogP contribution in [0.15, 0.2) is 58.2 Å². The Hall–Kier alpha value is -2.36. The predicted molar refractivity (Wildman–Crippen MR) is 81.0 cm³/mol. The first kappa shape index (κ1) is 13.6. The van der Waals surface area contributed by atoms with E-state index in [1.807, 2.05) is 31.2 Å². The van der Waals surface area contributed by atoms with Crippen LogP contribution >= 0.6 is 0 Å². The summed E-state index contributed by atoms with van der Waals surface area (Å²) in [5.74, 6) is 0.609. The third-order valence-electron chi connectivity index (χ3n) is 4.20. The lowest BCUT2D eigenvalue weighted by Crippen LogP contribution is -2.24. The Balaban J connectivity index is 1.65. The maximum absolute atomic E-state index is 12.2. The molecule has 1 aliphatic carbocycles. The molecule has 4 nitrogen and oxygen atoms in total. The number of amides is 1. The van der Waals surface area contributed by atoms with Gasteiger partial charge in [0.25, 0.3) is 0 Å². The third-order valence-corrected chi connectivity index (χ3v) is 4.20. The van der Waals surface area contributed by atoms with Crippen LogP contribution in [0.1, 0.15) is 31.6 Å². The molecule has 0 aliphatic heterocycles. The zero-order valence-electron chi connectivity index (χ0n) is 12.2. The summed E-state index contributed by atoms with van der Waals surface area (Å²) in [5, 5.41) is 4.11. The van der Waals surface area contributed by atoms with E-state index in [0.29, 0.717) is 11.5 Å². The van der Waals surface area contributed by atoms with Gasteiger partial charge in [0, 0.05) is 5.41 Å². The minimum absolute atomic E-state index is 0.0203. The van der Waals surface area contributed by atoms with Gasteiger partial charge in [0.05, 0.1) is 12.2 Å². The zero-order chi connectivity index (χ0) is 14.9. The molecule has 21 heavy (non-hydrogen) atoms. The highest BCUT2D eigenvalue weighted by atomic mass is 16.3. The lowest BCUT2D eigenvalue weighted by atomic mass is 9.95. The van der Waals surface area contributed by atoms with Crippen molar-refractivity contribution in [3.63, 3.8) is 0 Å². The molecule has 1 aromatic carbocycles. The van der Waals surface area contributed by atoms with Crippen LogP contribution in [0.4, 0.5) is 0 Å². The SMILES string of the molecule is C/C(=N/NC(=O)[C@H]1C[C@]1(C)c1ccccc1)c1ccco1. The number of nitrogens with one attached hydrogen (secondary N) is 1. The molecule has 1 aliphatic rings. The number of nitrogens with zero attached hydrogens (tertiary/aromatic N) is 1. The molecule has 0 unspecified atom stereocenters. The van der Waals surface area contributed by atoms with Crippen molar-refractivity contribution in [3.05, 3.63) is 60.1 Å². The molecule has 1 N–H and O–H groups in total. The number of carbonyl (C=O) groups excluding carboxylic acids is 1. The van der Waals surface area contributed by atoms with Crippen molar-refractivity contribution in [2.24, 2.45) is 11.0 Å². The Morgan fingerprint density at radius 3 is 2.71 bits per heavy atom. The largest absolute Gasteiger partial charge is 0.463 e. The van der Waals surface area contributed by atoms with Crippen molar-refractivity contribution in [3.8, 4) is 0 Å². The number of hydrazone groups is 1. The third kappa shape index (κ3) is 2.61. The van der Waals surface area contributed by atoms with E-state index in [4.69, 9.17) is 4.42 Å². The van der Waals surface area contributed by atoms with Gasteiger partial charge in [0.1, 0.15) is 11.5 Å². The Morgan fingerprint density at radius 1 is 1.29 bits per heavy atom. The fourth-order valence-electron chi connectivity index (χ4n) is 2.64. The van der Waals surface area contributed by atoms with E-state index in [1.54, 1.807) is 12.3 Å². The average Bonchev–Trinajstić information content (AvgIpc) is 2.96. The topological polar surface area (TPSA) is 54.6 Å². The quantitative estimate of drug-likeness (QED) is 0.692. The van der Waals surface area contributed by atoms with Crippen LogP contribution in [-0.4, -0.2) is 11.6 Å². The first-order valence-electron chi connectivity index (χ1n) is 7.05. The summed E-state index contributed by atoms with van der Waals surface area (Å²) >= 11 is 0. The Kier molecular flexibility index (Phi) is 3.37. The molecule has 0 radical (unpaired) electrons. The second kappa shape index (κ2) is 5.20. The van der Waals surface area contributed by atoms with Crippen LogP contribution in [0.3, 0.4) is 0 Å². The summed E-state index contributed by atoms with van der Waals surface area (Å²) < 4.78 is 5.23. The highest BCUT2D eigenvalue weighted by Crippen LogP contribution is 2.53. The molecule has 1 heterocycles. The minimum Gasteiger partial charge on any atom is -0.463 e. The highest BCUT2D eigenvalue weighted by Gasteiger charge is 2.55. The van der Waals surface area contributed by atoms with Gasteiger partial charge in [-0.3, -0.25) is 4.79 Å². The summed E-state index contributed by atoms with van der Waals surface area (Å²) in [6.45, 7) is 3.93. The molecular weight excluding hydrogens is 264 g/mol. The molecule has 3 rings (SSSR count). The normalized spacial score (nSPS) is 24.7. The Morgan fingerprint density at radius 2 is 2.05 bits per heavy atom. The van der Waals surface area contributed by atoms with Crippen LogP contribution in [0.5, 0.6) is 0 Å². The van der Waals surface area contributed by atoms with Crippen LogP contribution in [0.2, 0.25) is 0 Å². The van der Waals surface area contributed by atoms with Crippen molar-refractivity contribution >= 4 is 11.6 Å². The predicted octanol–water partition coefficient (Wildman–Crippen LogP) is 3.10. The highest BCUT2D eigenvalue weighted by molar-refractivity contribution is 5.97. The van der Waals surface area contributed by atoms with Gasteiger partial charge in [0.2, 0.25) is 5.91 Å². The first-order chi connectivity index (χ1) is 10.1. The van der Waals surface area contributed by atoms with Crippen molar-refractivity contribution in [2.45, 2.75) is 25.7 Å². The molecule has 2 atom stereocenters. The van der Waals surface area contributed by atoms with E-state index in [1.165, 1.54) is 5.56 Å². The molecule has 0 spiro atoms. The van der Waals surface area contributed by atoms with Gasteiger partial charge in [-0.05, 0) is 31.0 Å². The number of rotatable bonds is 4. The average molecular weight is 282 g/mol. The Labute approximate surface area is 123 Å². The van der Waals surface area contributed by atoms with Crippen LogP contribution < -0.4 is 5.43 Å². The van der Waals surface area contributed by atoms with E-state index in [-0.39, 0.29) is 17.2 Å². The van der Waals surface area contributed by atoms with Crippen molar-refractivity contribution in [1.29, 1.82) is 0 Å². The van der Waals surface area contributed by atoms with Gasteiger partial charge in [-0.1, -0.05) is 37.3 Å².